The van der Waals surface area contributed by atoms with Gasteiger partial charge in [0.2, 0.25) is 5.91 Å². The number of carbonyl (C=O) groups is 1. The summed E-state index contributed by atoms with van der Waals surface area (Å²) in [6.45, 7) is 1.40. The van der Waals surface area contributed by atoms with E-state index >= 15 is 0 Å². The van der Waals surface area contributed by atoms with Gasteiger partial charge in [-0.1, -0.05) is 0 Å². The third-order valence-corrected chi connectivity index (χ3v) is 3.06. The van der Waals surface area contributed by atoms with Gasteiger partial charge in [0.05, 0.1) is 6.42 Å². The van der Waals surface area contributed by atoms with Crippen LogP contribution in [-0.4, -0.2) is 24.0 Å². The van der Waals surface area contributed by atoms with Crippen LogP contribution in [0.1, 0.15) is 18.5 Å². The lowest BCUT2D eigenvalue weighted by Crippen LogP contribution is -2.34. The van der Waals surface area contributed by atoms with E-state index in [2.05, 4.69) is 10.3 Å². The fourth-order valence-electron chi connectivity index (χ4n) is 1.63. The fraction of sp³-hybridized carbons (Fsp3) is 0.545. The minimum atomic E-state index is 0.0668. The molecular formula is C11H17N3O. The quantitative estimate of drug-likeness (QED) is 0.654. The summed E-state index contributed by atoms with van der Waals surface area (Å²) in [6.07, 6.45) is 4.54. The van der Waals surface area contributed by atoms with E-state index in [0.29, 0.717) is 13.0 Å². The maximum atomic E-state index is 11.5. The Labute approximate surface area is 89.2 Å². The zero-order chi connectivity index (χ0) is 10.7. The maximum Gasteiger partial charge on any atom is 0.225 e. The molecule has 1 saturated carbocycles. The molecular weight excluding hydrogens is 190 g/mol. The minimum absolute atomic E-state index is 0.0668. The number of aromatic amines is 1. The molecule has 0 spiro atoms. The molecule has 1 aromatic rings. The maximum absolute atomic E-state index is 11.5. The van der Waals surface area contributed by atoms with Gasteiger partial charge in [0.25, 0.3) is 0 Å². The largest absolute Gasteiger partial charge is 0.365 e. The summed E-state index contributed by atoms with van der Waals surface area (Å²) in [4.78, 5) is 14.5. The van der Waals surface area contributed by atoms with Gasteiger partial charge in [-0.15, -0.1) is 0 Å². The molecule has 0 atom stereocenters. The van der Waals surface area contributed by atoms with Gasteiger partial charge in [-0.25, -0.2) is 0 Å². The first-order valence-corrected chi connectivity index (χ1v) is 5.33. The molecule has 4 nitrogen and oxygen atoms in total. The molecule has 0 saturated heterocycles. The number of carbonyl (C=O) groups excluding carboxylic acids is 1. The van der Waals surface area contributed by atoms with E-state index in [0.717, 1.165) is 25.1 Å². The number of nitrogens with one attached hydrogen (secondary N) is 2. The summed E-state index contributed by atoms with van der Waals surface area (Å²) in [7, 11) is 0. The first kappa shape index (κ1) is 10.2. The molecule has 1 aliphatic carbocycles. The molecule has 15 heavy (non-hydrogen) atoms. The van der Waals surface area contributed by atoms with Crippen LogP contribution in [0.5, 0.6) is 0 Å². The minimum Gasteiger partial charge on any atom is -0.365 e. The molecule has 0 radical (unpaired) electrons. The van der Waals surface area contributed by atoms with Gasteiger partial charge in [-0.3, -0.25) is 4.79 Å². The Bertz CT molecular complexity index is 328. The normalized spacial score (nSPS) is 17.4. The molecule has 82 valence electrons. The lowest BCUT2D eigenvalue weighted by Gasteiger charge is -2.12. The van der Waals surface area contributed by atoms with E-state index in [-0.39, 0.29) is 11.3 Å². The van der Waals surface area contributed by atoms with Crippen molar-refractivity contribution >= 4 is 5.91 Å². The van der Waals surface area contributed by atoms with Gasteiger partial charge >= 0.3 is 0 Å². The molecule has 2 rings (SSSR count). The predicted octanol–water partition coefficient (Wildman–Crippen LogP) is 0.412. The molecule has 1 aliphatic rings. The van der Waals surface area contributed by atoms with Crippen LogP contribution in [0.3, 0.4) is 0 Å². The zero-order valence-electron chi connectivity index (χ0n) is 8.75. The zero-order valence-corrected chi connectivity index (χ0v) is 8.75. The summed E-state index contributed by atoms with van der Waals surface area (Å²) in [6, 6.07) is 3.81. The van der Waals surface area contributed by atoms with Gasteiger partial charge < -0.3 is 16.0 Å². The predicted molar refractivity (Wildman–Crippen MR) is 58.2 cm³/mol. The fourth-order valence-corrected chi connectivity index (χ4v) is 1.63. The Morgan fingerprint density at radius 2 is 2.40 bits per heavy atom. The molecule has 4 heteroatoms. The molecule has 0 bridgehead atoms. The van der Waals surface area contributed by atoms with Crippen molar-refractivity contribution in [2.75, 3.05) is 13.1 Å². The van der Waals surface area contributed by atoms with Crippen molar-refractivity contribution in [2.45, 2.75) is 19.3 Å². The van der Waals surface area contributed by atoms with Crippen molar-refractivity contribution < 1.29 is 4.79 Å². The van der Waals surface area contributed by atoms with Crippen molar-refractivity contribution in [3.63, 3.8) is 0 Å². The lowest BCUT2D eigenvalue weighted by atomic mass is 10.1. The Balaban J connectivity index is 1.74. The second-order valence-electron chi connectivity index (χ2n) is 4.35. The van der Waals surface area contributed by atoms with E-state index < -0.39 is 0 Å². The van der Waals surface area contributed by atoms with E-state index in [4.69, 9.17) is 5.73 Å². The topological polar surface area (TPSA) is 70.9 Å². The summed E-state index contributed by atoms with van der Waals surface area (Å²) < 4.78 is 0. The van der Waals surface area contributed by atoms with Gasteiger partial charge in [0, 0.05) is 18.4 Å². The third kappa shape index (κ3) is 2.59. The molecule has 0 aliphatic heterocycles. The van der Waals surface area contributed by atoms with Gasteiger partial charge in [0.1, 0.15) is 0 Å². The van der Waals surface area contributed by atoms with Crippen molar-refractivity contribution in [3.8, 4) is 0 Å². The molecule has 4 N–H and O–H groups in total. The average Bonchev–Trinajstić information content (AvgIpc) is 2.86. The van der Waals surface area contributed by atoms with Crippen LogP contribution in [0.25, 0.3) is 0 Å². The van der Waals surface area contributed by atoms with E-state index in [9.17, 15) is 4.79 Å². The Morgan fingerprint density at radius 1 is 1.60 bits per heavy atom. The second kappa shape index (κ2) is 4.06. The number of hydrogen-bond acceptors (Lipinski definition) is 2. The van der Waals surface area contributed by atoms with Crippen molar-refractivity contribution in [3.05, 3.63) is 24.0 Å². The Kier molecular flexibility index (Phi) is 2.77. The third-order valence-electron chi connectivity index (χ3n) is 3.06. The average molecular weight is 207 g/mol. The van der Waals surface area contributed by atoms with E-state index in [1.54, 1.807) is 0 Å². The first-order chi connectivity index (χ1) is 7.24. The van der Waals surface area contributed by atoms with Crippen LogP contribution >= 0.6 is 0 Å². The number of amides is 1. The van der Waals surface area contributed by atoms with Crippen LogP contribution in [-0.2, 0) is 11.2 Å². The van der Waals surface area contributed by atoms with Crippen LogP contribution in [0.2, 0.25) is 0 Å². The molecule has 1 aromatic heterocycles. The van der Waals surface area contributed by atoms with E-state index in [1.807, 2.05) is 18.3 Å². The molecule has 1 fully saturated rings. The summed E-state index contributed by atoms with van der Waals surface area (Å²) >= 11 is 0. The Morgan fingerprint density at radius 3 is 2.93 bits per heavy atom. The molecule has 0 aromatic carbocycles. The smallest absolute Gasteiger partial charge is 0.225 e. The van der Waals surface area contributed by atoms with Crippen LogP contribution in [0.4, 0.5) is 0 Å². The first-order valence-electron chi connectivity index (χ1n) is 5.33. The molecule has 1 heterocycles. The summed E-state index contributed by atoms with van der Waals surface area (Å²) in [5.74, 6) is 0.0668. The van der Waals surface area contributed by atoms with Crippen LogP contribution in [0, 0.1) is 5.41 Å². The van der Waals surface area contributed by atoms with Gasteiger partial charge in [-0.2, -0.15) is 0 Å². The standard InChI is InChI=1S/C11H17N3O/c12-7-11(3-4-11)8-14-10(15)6-9-2-1-5-13-9/h1-2,5,13H,3-4,6-8,12H2,(H,14,15). The SMILES string of the molecule is NCC1(CNC(=O)Cc2ccc[nH]2)CC1. The highest BCUT2D eigenvalue weighted by molar-refractivity contribution is 5.78. The van der Waals surface area contributed by atoms with Gasteiger partial charge in [-0.05, 0) is 36.9 Å². The monoisotopic (exact) mass is 207 g/mol. The number of aromatic nitrogens is 1. The highest BCUT2D eigenvalue weighted by Crippen LogP contribution is 2.43. The number of nitrogens with two attached hydrogens (primary N) is 1. The van der Waals surface area contributed by atoms with Gasteiger partial charge in [0.15, 0.2) is 0 Å². The van der Waals surface area contributed by atoms with E-state index in [1.165, 1.54) is 0 Å². The molecule has 0 unspecified atom stereocenters. The summed E-state index contributed by atoms with van der Waals surface area (Å²) in [5, 5.41) is 2.94. The summed E-state index contributed by atoms with van der Waals surface area (Å²) in [5.41, 5.74) is 6.80. The number of H-pyrrole nitrogens is 1. The van der Waals surface area contributed by atoms with Crippen LogP contribution in [0.15, 0.2) is 18.3 Å². The van der Waals surface area contributed by atoms with Crippen molar-refractivity contribution in [1.29, 1.82) is 0 Å². The van der Waals surface area contributed by atoms with Crippen molar-refractivity contribution in [2.24, 2.45) is 11.1 Å². The Hall–Kier alpha value is -1.29. The van der Waals surface area contributed by atoms with Crippen molar-refractivity contribution in [1.82, 2.24) is 10.3 Å². The van der Waals surface area contributed by atoms with Crippen LogP contribution < -0.4 is 11.1 Å². The number of rotatable bonds is 5. The number of hydrogen-bond donors (Lipinski definition) is 3. The highest BCUT2D eigenvalue weighted by atomic mass is 16.1. The molecule has 1 amide bonds. The highest BCUT2D eigenvalue weighted by Gasteiger charge is 2.41. The second-order valence-corrected chi connectivity index (χ2v) is 4.35. The lowest BCUT2D eigenvalue weighted by molar-refractivity contribution is -0.120.